The molecule has 0 amide bonds. The van der Waals surface area contributed by atoms with Gasteiger partial charge >= 0.3 is 5.97 Å². The minimum Gasteiger partial charge on any atom is -0.492 e. The van der Waals surface area contributed by atoms with Crippen molar-refractivity contribution in [3.63, 3.8) is 0 Å². The number of Topliss-reactive ketones (excluding diaryl/α,β-unsaturated/α-hetero) is 1. The van der Waals surface area contributed by atoms with Gasteiger partial charge in [0, 0.05) is 80.4 Å². The van der Waals surface area contributed by atoms with E-state index in [1.54, 1.807) is 14.0 Å². The predicted octanol–water partition coefficient (Wildman–Crippen LogP) is 5.24. The highest BCUT2D eigenvalue weighted by Gasteiger charge is 2.60. The van der Waals surface area contributed by atoms with Crippen LogP contribution < -0.4 is 14.2 Å². The predicted molar refractivity (Wildman–Crippen MR) is 254 cm³/mol. The first-order chi connectivity index (χ1) is 33.5. The van der Waals surface area contributed by atoms with Gasteiger partial charge < -0.3 is 59.1 Å². The number of aliphatic hydroxyl groups is 5. The maximum absolute atomic E-state index is 14.6. The summed E-state index contributed by atoms with van der Waals surface area (Å²) in [5.74, 6) is -3.14. The van der Waals surface area contributed by atoms with Crippen molar-refractivity contribution in [1.82, 2.24) is 9.88 Å². The number of piperidine rings is 1. The molecule has 2 aromatic carbocycles. The van der Waals surface area contributed by atoms with Crippen LogP contribution in [0.5, 0.6) is 17.2 Å². The van der Waals surface area contributed by atoms with E-state index < -0.39 is 60.0 Å². The number of aromatic nitrogens is 1. The Labute approximate surface area is 402 Å². The number of benzene rings is 2. The van der Waals surface area contributed by atoms with Crippen molar-refractivity contribution in [3.8, 4) is 17.2 Å². The molecular formula is C54H68N2O13. The molecule has 5 heterocycles. The largest absolute Gasteiger partial charge is 0.492 e. The molecule has 3 aromatic rings. The summed E-state index contributed by atoms with van der Waals surface area (Å²) in [6.07, 6.45) is 8.84. The van der Waals surface area contributed by atoms with Gasteiger partial charge in [0.2, 0.25) is 5.76 Å². The van der Waals surface area contributed by atoms with Crippen LogP contribution in [0.2, 0.25) is 0 Å². The number of esters is 1. The number of hydrogen-bond donors (Lipinski definition) is 6. The SMILES string of the molecule is CCOC(=O)C1=C(C=O)C2=C3CC(CO)C(=O)C(C3)c3cc4cc[nH]c4cc3CCC(CO)COc3c4c(c(CO)c(c32)O1)OC(C1(O)CC(C2(O)CCCC2)CC2CN(CCCOC)CCC21)C4. The van der Waals surface area contributed by atoms with Gasteiger partial charge in [0.25, 0.3) is 0 Å². The number of carbonyl (C=O) groups is 3. The molecule has 15 heteroatoms. The molecule has 10 rings (SSSR count). The second-order valence-corrected chi connectivity index (χ2v) is 20.9. The summed E-state index contributed by atoms with van der Waals surface area (Å²) in [5, 5.41) is 60.1. The number of ether oxygens (including phenoxy) is 5. The number of nitrogens with one attached hydrogen (secondary N) is 1. The minimum atomic E-state index is -1.41. The number of ketones is 1. The highest BCUT2D eigenvalue weighted by Crippen LogP contribution is 2.60. The van der Waals surface area contributed by atoms with Crippen LogP contribution in [0.4, 0.5) is 0 Å². The zero-order valence-electron chi connectivity index (χ0n) is 39.9. The van der Waals surface area contributed by atoms with Crippen LogP contribution >= 0.6 is 0 Å². The molecular weight excluding hydrogens is 885 g/mol. The highest BCUT2D eigenvalue weighted by atomic mass is 16.6. The molecule has 15 nitrogen and oxygen atoms in total. The molecule has 1 saturated heterocycles. The Morgan fingerprint density at radius 3 is 2.61 bits per heavy atom. The van der Waals surface area contributed by atoms with E-state index in [9.17, 15) is 39.9 Å². The van der Waals surface area contributed by atoms with E-state index >= 15 is 0 Å². The molecule has 8 atom stereocenters. The molecule has 8 unspecified atom stereocenters. The molecule has 1 aromatic heterocycles. The van der Waals surface area contributed by atoms with Gasteiger partial charge in [0.05, 0.1) is 48.7 Å². The summed E-state index contributed by atoms with van der Waals surface area (Å²) in [5.41, 5.74) is 2.11. The molecule has 4 aliphatic heterocycles. The molecule has 4 fully saturated rings. The number of allylic oxidation sites excluding steroid dienone is 3. The zero-order chi connectivity index (χ0) is 48.2. The molecule has 7 aliphatic rings. The second-order valence-electron chi connectivity index (χ2n) is 20.9. The maximum Gasteiger partial charge on any atom is 0.375 e. The molecule has 3 saturated carbocycles. The van der Waals surface area contributed by atoms with Crippen LogP contribution in [-0.2, 0) is 43.3 Å². The summed E-state index contributed by atoms with van der Waals surface area (Å²) in [6, 6.07) is 5.99. The number of rotatable bonds is 12. The first-order valence-corrected chi connectivity index (χ1v) is 25.4. The number of aliphatic hydroxyl groups excluding tert-OH is 3. The molecule has 6 N–H and O–H groups in total. The molecule has 372 valence electrons. The van der Waals surface area contributed by atoms with Crippen molar-refractivity contribution in [2.24, 2.45) is 29.6 Å². The standard InChI is InChI=1S/C54H68N2O13/c1-3-66-52(62)51-40(27-59)45-33-17-35(26-58)47(61)38(20-33)37-19-32-9-13-55-43(32)21-31(37)8-7-30(25-57)29-67-49-39-22-44(68-48(39)41(28-60)50(69-51)46(45)49)54(64)23-36(53(63)11-4-5-12-53)18-34-24-56(14-6-16-65-2)15-10-42(34)54/h9,13,19,21,27,30,34-36,38,42,44,55,57-58,60,63-64H,3-8,10-12,14-18,20,22-26,28-29H2,1-2H3. The van der Waals surface area contributed by atoms with E-state index in [0.29, 0.717) is 67.3 Å². The van der Waals surface area contributed by atoms with Gasteiger partial charge in [-0.2, -0.15) is 0 Å². The van der Waals surface area contributed by atoms with Gasteiger partial charge in [-0.1, -0.05) is 18.4 Å². The number of likely N-dealkylation sites (tertiary alicyclic amines) is 1. The Morgan fingerprint density at radius 2 is 1.87 bits per heavy atom. The van der Waals surface area contributed by atoms with Gasteiger partial charge in [-0.05, 0) is 130 Å². The lowest BCUT2D eigenvalue weighted by atomic mass is 9.57. The summed E-state index contributed by atoms with van der Waals surface area (Å²) in [7, 11) is 1.71. The van der Waals surface area contributed by atoms with Crippen LogP contribution in [0.3, 0.4) is 0 Å². The first-order valence-electron chi connectivity index (χ1n) is 25.4. The molecule has 0 spiro atoms. The third-order valence-corrected chi connectivity index (χ3v) is 17.1. The fourth-order valence-electron chi connectivity index (χ4n) is 13.7. The minimum absolute atomic E-state index is 0.0231. The summed E-state index contributed by atoms with van der Waals surface area (Å²) in [6.45, 7) is 3.44. The number of methoxy groups -OCH3 is 1. The number of fused-ring (bicyclic) bond motifs is 8. The van der Waals surface area contributed by atoms with E-state index in [-0.39, 0.29) is 91.0 Å². The Balaban J connectivity index is 1.15. The molecule has 0 radical (unpaired) electrons. The van der Waals surface area contributed by atoms with Gasteiger partial charge in [-0.3, -0.25) is 9.59 Å². The topological polar surface area (TPSA) is 218 Å². The van der Waals surface area contributed by atoms with Gasteiger partial charge in [0.1, 0.15) is 34.7 Å². The van der Waals surface area contributed by atoms with Crippen molar-refractivity contribution in [2.45, 2.75) is 120 Å². The maximum atomic E-state index is 14.6. The van der Waals surface area contributed by atoms with E-state index in [2.05, 4.69) is 9.88 Å². The lowest BCUT2D eigenvalue weighted by Gasteiger charge is -2.55. The van der Waals surface area contributed by atoms with Crippen molar-refractivity contribution >= 4 is 34.5 Å². The average molecular weight is 953 g/mol. The smallest absolute Gasteiger partial charge is 0.375 e. The van der Waals surface area contributed by atoms with Crippen LogP contribution in [0, 0.1) is 29.6 Å². The quantitative estimate of drug-likeness (QED) is 0.0779. The van der Waals surface area contributed by atoms with Crippen molar-refractivity contribution in [1.29, 1.82) is 0 Å². The summed E-state index contributed by atoms with van der Waals surface area (Å²) >= 11 is 0. The van der Waals surface area contributed by atoms with Crippen LogP contribution in [-0.4, -0.2) is 131 Å². The number of aromatic amines is 1. The van der Waals surface area contributed by atoms with Crippen LogP contribution in [0.15, 0.2) is 41.3 Å². The Hall–Kier alpha value is -4.61. The van der Waals surface area contributed by atoms with Gasteiger partial charge in [-0.25, -0.2) is 4.79 Å². The molecule has 2 bridgehead atoms. The van der Waals surface area contributed by atoms with E-state index in [1.165, 1.54) is 0 Å². The lowest BCUT2D eigenvalue weighted by Crippen LogP contribution is -2.63. The zero-order valence-corrected chi connectivity index (χ0v) is 39.9. The molecule has 69 heavy (non-hydrogen) atoms. The number of carbonyl (C=O) groups excluding carboxylic acids is 3. The van der Waals surface area contributed by atoms with Crippen LogP contribution in [0.25, 0.3) is 16.5 Å². The summed E-state index contributed by atoms with van der Waals surface area (Å²) < 4.78 is 31.5. The fraction of sp³-hybridized carbons (Fsp3) is 0.611. The lowest BCUT2D eigenvalue weighted by molar-refractivity contribution is -0.188. The number of aryl methyl sites for hydroxylation is 1. The van der Waals surface area contributed by atoms with Gasteiger partial charge in [0.15, 0.2) is 6.29 Å². The van der Waals surface area contributed by atoms with E-state index in [4.69, 9.17) is 23.7 Å². The number of nitrogens with zero attached hydrogens (tertiary/aromatic N) is 1. The normalized spacial score (nSPS) is 29.9. The molecule has 3 aliphatic carbocycles. The Kier molecular flexibility index (Phi) is 13.6. The Bertz CT molecular complexity index is 2540. The fourth-order valence-corrected chi connectivity index (χ4v) is 13.7. The van der Waals surface area contributed by atoms with E-state index in [0.717, 1.165) is 73.8 Å². The second kappa shape index (κ2) is 19.5. The number of H-pyrrole nitrogens is 1. The van der Waals surface area contributed by atoms with Crippen LogP contribution in [0.1, 0.15) is 111 Å². The van der Waals surface area contributed by atoms with Gasteiger partial charge in [-0.15, -0.1) is 0 Å². The highest BCUT2D eigenvalue weighted by molar-refractivity contribution is 6.11. The van der Waals surface area contributed by atoms with Crippen molar-refractivity contribution < 1.29 is 63.6 Å². The third-order valence-electron chi connectivity index (χ3n) is 17.1. The average Bonchev–Trinajstić information content (AvgIpc) is 4.14. The summed E-state index contributed by atoms with van der Waals surface area (Å²) in [4.78, 5) is 48.0. The number of aldehydes is 1. The Morgan fingerprint density at radius 1 is 1.04 bits per heavy atom. The van der Waals surface area contributed by atoms with Crippen molar-refractivity contribution in [2.75, 3.05) is 59.8 Å². The number of hydrogen-bond acceptors (Lipinski definition) is 14. The third kappa shape index (κ3) is 8.43. The van der Waals surface area contributed by atoms with Crippen molar-refractivity contribution in [3.05, 3.63) is 69.1 Å². The first kappa shape index (κ1) is 48.0. The van der Waals surface area contributed by atoms with E-state index in [1.807, 2.05) is 24.4 Å². The monoisotopic (exact) mass is 952 g/mol.